The molecule has 29 heavy (non-hydrogen) atoms. The average molecular weight is 402 g/mol. The topological polar surface area (TPSA) is 88.2 Å². The van der Waals surface area contributed by atoms with Gasteiger partial charge in [-0.3, -0.25) is 4.79 Å². The molecule has 1 aromatic carbocycles. The number of amides is 1. The summed E-state index contributed by atoms with van der Waals surface area (Å²) in [6.45, 7) is 0.196. The molecule has 0 bridgehead atoms. The zero-order chi connectivity index (χ0) is 20.1. The number of fused-ring (bicyclic) bond motifs is 2. The lowest BCUT2D eigenvalue weighted by atomic mass is 9.99. The Hall–Kier alpha value is -3.56. The second kappa shape index (κ2) is 6.50. The van der Waals surface area contributed by atoms with Crippen LogP contribution in [0.4, 0.5) is 13.2 Å². The molecule has 4 aromatic rings. The van der Waals surface area contributed by atoms with Crippen LogP contribution in [0.1, 0.15) is 45.9 Å². The smallest absolute Gasteiger partial charge is 0.292 e. The molecule has 1 amide bonds. The highest BCUT2D eigenvalue weighted by molar-refractivity contribution is 5.93. The third-order valence-corrected chi connectivity index (χ3v) is 4.98. The number of benzene rings is 1. The van der Waals surface area contributed by atoms with E-state index in [1.165, 1.54) is 29.4 Å². The molecular formula is C19H13F3N4O3. The van der Waals surface area contributed by atoms with Crippen LogP contribution in [0.25, 0.3) is 11.0 Å². The molecular weight excluding hydrogens is 389 g/mol. The van der Waals surface area contributed by atoms with Crippen LogP contribution in [0, 0.1) is 5.82 Å². The zero-order valence-electron chi connectivity index (χ0n) is 14.7. The zero-order valence-corrected chi connectivity index (χ0v) is 14.7. The molecule has 148 valence electrons. The number of nitrogens with zero attached hydrogens (tertiary/aromatic N) is 3. The van der Waals surface area contributed by atoms with Crippen LogP contribution in [0.5, 0.6) is 0 Å². The fourth-order valence-electron chi connectivity index (χ4n) is 3.66. The lowest BCUT2D eigenvalue weighted by molar-refractivity contribution is 0.0625. The number of aromatic nitrogens is 3. The summed E-state index contributed by atoms with van der Waals surface area (Å²) in [4.78, 5) is 25.2. The number of carbonyl (C=O) groups is 1. The molecule has 0 spiro atoms. The van der Waals surface area contributed by atoms with Gasteiger partial charge >= 0.3 is 0 Å². The van der Waals surface area contributed by atoms with E-state index in [2.05, 4.69) is 15.0 Å². The molecule has 3 aromatic heterocycles. The third kappa shape index (κ3) is 2.71. The molecule has 1 atom stereocenters. The van der Waals surface area contributed by atoms with Crippen molar-refractivity contribution in [2.75, 3.05) is 6.54 Å². The standard InChI is InChI=1S/C19H13F3N4O3/c20-10-2-1-3-12-9(10)6-13(29-12)16-14-11(23-7-24-14)4-5-26(16)19(27)17-15(18(21)22)25-8-28-17/h1-3,6-8,16,18H,4-5H2,(H,23,24)/t16-/m1/s1. The Bertz CT molecular complexity index is 1210. The van der Waals surface area contributed by atoms with Gasteiger partial charge in [0, 0.05) is 18.7 Å². The summed E-state index contributed by atoms with van der Waals surface area (Å²) < 4.78 is 51.4. The van der Waals surface area contributed by atoms with Crippen molar-refractivity contribution >= 4 is 16.9 Å². The quantitative estimate of drug-likeness (QED) is 0.560. The van der Waals surface area contributed by atoms with Gasteiger partial charge in [0.2, 0.25) is 5.76 Å². The minimum Gasteiger partial charge on any atom is -0.458 e. The second-order valence-electron chi connectivity index (χ2n) is 6.59. The SMILES string of the molecule is O=C(c1ocnc1C(F)F)N1CCc2[nH]cnc2[C@H]1c1cc2c(F)cccc2o1. The van der Waals surface area contributed by atoms with E-state index in [4.69, 9.17) is 8.83 Å². The van der Waals surface area contributed by atoms with Crippen molar-refractivity contribution in [2.45, 2.75) is 18.9 Å². The Balaban J connectivity index is 1.63. The molecule has 1 aliphatic rings. The number of hydrogen-bond acceptors (Lipinski definition) is 5. The molecule has 7 nitrogen and oxygen atoms in total. The molecule has 10 heteroatoms. The first-order valence-electron chi connectivity index (χ1n) is 8.77. The number of rotatable bonds is 3. The number of H-pyrrole nitrogens is 1. The van der Waals surface area contributed by atoms with Crippen molar-refractivity contribution in [2.24, 2.45) is 0 Å². The molecule has 0 radical (unpaired) electrons. The highest BCUT2D eigenvalue weighted by atomic mass is 19.3. The Morgan fingerprint density at radius 2 is 2.17 bits per heavy atom. The first kappa shape index (κ1) is 17.5. The summed E-state index contributed by atoms with van der Waals surface area (Å²) in [5, 5.41) is 0.255. The van der Waals surface area contributed by atoms with Gasteiger partial charge in [-0.15, -0.1) is 0 Å². The number of halogens is 3. The van der Waals surface area contributed by atoms with E-state index in [9.17, 15) is 18.0 Å². The van der Waals surface area contributed by atoms with Gasteiger partial charge in [0.25, 0.3) is 12.3 Å². The van der Waals surface area contributed by atoms with Crippen LogP contribution in [0.15, 0.2) is 45.8 Å². The Kier molecular flexibility index (Phi) is 3.93. The molecule has 0 saturated carbocycles. The lowest BCUT2D eigenvalue weighted by Gasteiger charge is -2.33. The number of imidazole rings is 1. The molecule has 0 aliphatic carbocycles. The van der Waals surface area contributed by atoms with Crippen LogP contribution in [-0.4, -0.2) is 32.3 Å². The average Bonchev–Trinajstić information content (AvgIpc) is 3.44. The van der Waals surface area contributed by atoms with Gasteiger partial charge in [0.05, 0.1) is 17.4 Å². The van der Waals surface area contributed by atoms with Crippen LogP contribution in [0.2, 0.25) is 0 Å². The minimum atomic E-state index is -2.96. The predicted molar refractivity (Wildman–Crippen MR) is 92.8 cm³/mol. The van der Waals surface area contributed by atoms with Crippen LogP contribution < -0.4 is 0 Å². The van der Waals surface area contributed by atoms with Crippen molar-refractivity contribution in [1.82, 2.24) is 19.9 Å². The molecule has 5 rings (SSSR count). The van der Waals surface area contributed by atoms with E-state index >= 15 is 0 Å². The van der Waals surface area contributed by atoms with Crippen molar-refractivity contribution in [3.05, 3.63) is 71.4 Å². The number of oxazole rings is 1. The van der Waals surface area contributed by atoms with E-state index in [1.807, 2.05) is 0 Å². The van der Waals surface area contributed by atoms with Gasteiger partial charge < -0.3 is 18.7 Å². The van der Waals surface area contributed by atoms with Crippen LogP contribution >= 0.6 is 0 Å². The van der Waals surface area contributed by atoms with Gasteiger partial charge in [0.15, 0.2) is 12.1 Å². The lowest BCUT2D eigenvalue weighted by Crippen LogP contribution is -2.40. The number of alkyl halides is 2. The number of furan rings is 1. The maximum Gasteiger partial charge on any atom is 0.292 e. The summed E-state index contributed by atoms with van der Waals surface area (Å²) in [6, 6.07) is 5.08. The first-order valence-corrected chi connectivity index (χ1v) is 8.77. The summed E-state index contributed by atoms with van der Waals surface area (Å²) in [5.74, 6) is -1.50. The fourth-order valence-corrected chi connectivity index (χ4v) is 3.66. The van der Waals surface area contributed by atoms with Gasteiger partial charge in [0.1, 0.15) is 23.2 Å². The molecule has 4 heterocycles. The molecule has 1 aliphatic heterocycles. The summed E-state index contributed by atoms with van der Waals surface area (Å²) in [5.41, 5.74) is 0.869. The summed E-state index contributed by atoms with van der Waals surface area (Å²) in [6.07, 6.45) is -0.236. The van der Waals surface area contributed by atoms with E-state index in [0.29, 0.717) is 17.7 Å². The number of nitrogens with one attached hydrogen (secondary N) is 1. The van der Waals surface area contributed by atoms with Crippen molar-refractivity contribution in [1.29, 1.82) is 0 Å². The van der Waals surface area contributed by atoms with Gasteiger partial charge in [-0.2, -0.15) is 0 Å². The van der Waals surface area contributed by atoms with Gasteiger partial charge in [-0.25, -0.2) is 23.1 Å². The normalized spacial score (nSPS) is 16.6. The molecule has 0 unspecified atom stereocenters. The highest BCUT2D eigenvalue weighted by Gasteiger charge is 2.39. The van der Waals surface area contributed by atoms with Crippen molar-refractivity contribution in [3.63, 3.8) is 0 Å². The van der Waals surface area contributed by atoms with Crippen LogP contribution in [-0.2, 0) is 6.42 Å². The van der Waals surface area contributed by atoms with Crippen LogP contribution in [0.3, 0.4) is 0 Å². The Labute approximate surface area is 161 Å². The van der Waals surface area contributed by atoms with Gasteiger partial charge in [-0.1, -0.05) is 6.07 Å². The minimum absolute atomic E-state index is 0.196. The van der Waals surface area contributed by atoms with E-state index in [0.717, 1.165) is 12.1 Å². The monoisotopic (exact) mass is 402 g/mol. The Morgan fingerprint density at radius 1 is 1.31 bits per heavy atom. The van der Waals surface area contributed by atoms with E-state index in [-0.39, 0.29) is 17.7 Å². The summed E-state index contributed by atoms with van der Waals surface area (Å²) >= 11 is 0. The summed E-state index contributed by atoms with van der Waals surface area (Å²) in [7, 11) is 0. The third-order valence-electron chi connectivity index (χ3n) is 4.98. The number of carbonyl (C=O) groups excluding carboxylic acids is 1. The Morgan fingerprint density at radius 3 is 2.97 bits per heavy atom. The number of hydrogen-bond donors (Lipinski definition) is 1. The largest absolute Gasteiger partial charge is 0.458 e. The molecule has 0 fully saturated rings. The number of aromatic amines is 1. The second-order valence-corrected chi connectivity index (χ2v) is 6.59. The van der Waals surface area contributed by atoms with Crippen molar-refractivity contribution < 1.29 is 26.8 Å². The first-order chi connectivity index (χ1) is 14.0. The van der Waals surface area contributed by atoms with E-state index in [1.54, 1.807) is 6.07 Å². The fraction of sp³-hybridized carbons (Fsp3) is 0.211. The van der Waals surface area contributed by atoms with Gasteiger partial charge in [-0.05, 0) is 18.2 Å². The van der Waals surface area contributed by atoms with Crippen molar-refractivity contribution in [3.8, 4) is 0 Å². The predicted octanol–water partition coefficient (Wildman–Crippen LogP) is 4.01. The molecule has 0 saturated heterocycles. The molecule has 1 N–H and O–H groups in total. The highest BCUT2D eigenvalue weighted by Crippen LogP contribution is 2.38. The maximum atomic E-state index is 14.2. The van der Waals surface area contributed by atoms with E-state index < -0.39 is 35.6 Å². The maximum absolute atomic E-state index is 14.2.